The summed E-state index contributed by atoms with van der Waals surface area (Å²) in [4.78, 5) is 12.8. The summed E-state index contributed by atoms with van der Waals surface area (Å²) in [6.45, 7) is 6.10. The summed E-state index contributed by atoms with van der Waals surface area (Å²) in [5.41, 5.74) is 7.42. The third-order valence-corrected chi connectivity index (χ3v) is 5.13. The lowest BCUT2D eigenvalue weighted by Crippen LogP contribution is -2.20. The van der Waals surface area contributed by atoms with Crippen molar-refractivity contribution in [2.75, 3.05) is 0 Å². The van der Waals surface area contributed by atoms with Crippen molar-refractivity contribution in [1.82, 2.24) is 9.78 Å². The van der Waals surface area contributed by atoms with E-state index in [-0.39, 0.29) is 11.7 Å². The molecule has 0 saturated heterocycles. The maximum atomic E-state index is 12.8. The molecule has 0 spiro atoms. The third kappa shape index (κ3) is 2.80. The second-order valence-electron chi connectivity index (χ2n) is 7.09. The van der Waals surface area contributed by atoms with Crippen LogP contribution in [0, 0.1) is 20.8 Å². The predicted octanol–water partition coefficient (Wildman–Crippen LogP) is 4.71. The highest BCUT2D eigenvalue weighted by molar-refractivity contribution is 6.00. The van der Waals surface area contributed by atoms with Crippen LogP contribution in [-0.2, 0) is 6.42 Å². The summed E-state index contributed by atoms with van der Waals surface area (Å²) in [6, 6.07) is 16.9. The molecule has 25 heavy (non-hydrogen) atoms. The molecule has 2 aromatic carbocycles. The Morgan fingerprint density at radius 3 is 2.12 bits per heavy atom. The van der Waals surface area contributed by atoms with Crippen molar-refractivity contribution in [2.45, 2.75) is 39.5 Å². The Labute approximate surface area is 148 Å². The van der Waals surface area contributed by atoms with Gasteiger partial charge in [-0.15, -0.1) is 0 Å². The first-order chi connectivity index (χ1) is 12.0. The summed E-state index contributed by atoms with van der Waals surface area (Å²) in [7, 11) is 0. The van der Waals surface area contributed by atoms with Crippen LogP contribution in [0.4, 0.5) is 0 Å². The Morgan fingerprint density at radius 1 is 0.880 bits per heavy atom. The zero-order valence-corrected chi connectivity index (χ0v) is 14.9. The number of aromatic nitrogens is 2. The van der Waals surface area contributed by atoms with Gasteiger partial charge in [-0.1, -0.05) is 47.5 Å². The maximum Gasteiger partial charge on any atom is 0.167 e. The molecule has 1 heterocycles. The van der Waals surface area contributed by atoms with Gasteiger partial charge in [0, 0.05) is 6.42 Å². The summed E-state index contributed by atoms with van der Waals surface area (Å²) >= 11 is 0. The number of carbonyl (C=O) groups excluding carboxylic acids is 1. The van der Waals surface area contributed by atoms with Gasteiger partial charge in [0.1, 0.15) is 0 Å². The lowest BCUT2D eigenvalue weighted by molar-refractivity contribution is 0.0963. The van der Waals surface area contributed by atoms with E-state index in [0.717, 1.165) is 29.1 Å². The first kappa shape index (κ1) is 15.8. The maximum absolute atomic E-state index is 12.8. The number of benzene rings is 2. The molecule has 126 valence electrons. The summed E-state index contributed by atoms with van der Waals surface area (Å²) < 4.78 is 1.96. The molecule has 1 aliphatic rings. The molecular formula is C22H22N2O. The van der Waals surface area contributed by atoms with Gasteiger partial charge in [0.2, 0.25) is 0 Å². The number of ketones is 1. The van der Waals surface area contributed by atoms with E-state index in [9.17, 15) is 4.79 Å². The van der Waals surface area contributed by atoms with Crippen molar-refractivity contribution in [2.24, 2.45) is 0 Å². The average Bonchev–Trinajstić information content (AvgIpc) is 2.93. The molecule has 0 amide bonds. The van der Waals surface area contributed by atoms with E-state index < -0.39 is 0 Å². The van der Waals surface area contributed by atoms with E-state index in [1.54, 1.807) is 0 Å². The Morgan fingerprint density at radius 2 is 1.48 bits per heavy atom. The number of fused-ring (bicyclic) bond motifs is 1. The zero-order valence-electron chi connectivity index (χ0n) is 14.9. The molecular weight excluding hydrogens is 308 g/mol. The molecule has 3 nitrogen and oxygen atoms in total. The Bertz CT molecular complexity index is 933. The van der Waals surface area contributed by atoms with Gasteiger partial charge in [-0.2, -0.15) is 5.10 Å². The van der Waals surface area contributed by atoms with E-state index in [1.807, 2.05) is 11.6 Å². The minimum absolute atomic E-state index is 0.211. The molecule has 0 saturated carbocycles. The second kappa shape index (κ2) is 5.99. The van der Waals surface area contributed by atoms with Gasteiger partial charge in [0.15, 0.2) is 5.78 Å². The van der Waals surface area contributed by atoms with Gasteiger partial charge in [-0.25, -0.2) is 4.68 Å². The van der Waals surface area contributed by atoms with E-state index in [4.69, 9.17) is 0 Å². The summed E-state index contributed by atoms with van der Waals surface area (Å²) in [5.74, 6) is 0.434. The van der Waals surface area contributed by atoms with Crippen LogP contribution in [-0.4, -0.2) is 15.6 Å². The molecule has 3 heteroatoms. The summed E-state index contributed by atoms with van der Waals surface area (Å²) in [5, 5.41) is 4.68. The minimum Gasteiger partial charge on any atom is -0.294 e. The first-order valence-corrected chi connectivity index (χ1v) is 8.78. The number of aryl methyl sites for hydroxylation is 3. The van der Waals surface area contributed by atoms with Crippen LogP contribution in [0.5, 0.6) is 0 Å². The predicted molar refractivity (Wildman–Crippen MR) is 99.6 cm³/mol. The molecule has 0 bridgehead atoms. The molecule has 1 atom stereocenters. The average molecular weight is 330 g/mol. The number of Topliss-reactive ketones (excluding diaryl/α,β-unsaturated/α-hetero) is 1. The van der Waals surface area contributed by atoms with Gasteiger partial charge < -0.3 is 0 Å². The van der Waals surface area contributed by atoms with Crippen molar-refractivity contribution < 1.29 is 4.79 Å². The van der Waals surface area contributed by atoms with E-state index in [2.05, 4.69) is 67.5 Å². The van der Waals surface area contributed by atoms with Crippen LogP contribution in [0.1, 0.15) is 50.8 Å². The van der Waals surface area contributed by atoms with Crippen LogP contribution in [0.15, 0.2) is 48.5 Å². The van der Waals surface area contributed by atoms with Crippen LogP contribution in [0.25, 0.3) is 5.69 Å². The lowest BCUT2D eigenvalue weighted by Gasteiger charge is -2.23. The SMILES string of the molecule is Cc1ccc([C@@H]2CC(=O)c3c(C)nn(-c4ccc(C)cc4)c3C2)cc1. The van der Waals surface area contributed by atoms with E-state index in [1.165, 1.54) is 16.7 Å². The lowest BCUT2D eigenvalue weighted by atomic mass is 9.81. The monoisotopic (exact) mass is 330 g/mol. The zero-order chi connectivity index (χ0) is 17.6. The molecule has 0 radical (unpaired) electrons. The van der Waals surface area contributed by atoms with Gasteiger partial charge in [-0.3, -0.25) is 4.79 Å². The number of nitrogens with zero attached hydrogens (tertiary/aromatic N) is 2. The van der Waals surface area contributed by atoms with Gasteiger partial charge >= 0.3 is 0 Å². The van der Waals surface area contributed by atoms with Gasteiger partial charge in [0.25, 0.3) is 0 Å². The van der Waals surface area contributed by atoms with Crippen LogP contribution in [0.2, 0.25) is 0 Å². The van der Waals surface area contributed by atoms with Gasteiger partial charge in [-0.05, 0) is 50.8 Å². The van der Waals surface area contributed by atoms with Gasteiger partial charge in [0.05, 0.1) is 22.6 Å². The smallest absolute Gasteiger partial charge is 0.167 e. The number of rotatable bonds is 2. The molecule has 0 unspecified atom stereocenters. The first-order valence-electron chi connectivity index (χ1n) is 8.78. The summed E-state index contributed by atoms with van der Waals surface area (Å²) in [6.07, 6.45) is 1.41. The molecule has 3 aromatic rings. The van der Waals surface area contributed by atoms with Crippen molar-refractivity contribution in [3.8, 4) is 5.69 Å². The Balaban J connectivity index is 1.78. The second-order valence-corrected chi connectivity index (χ2v) is 7.09. The van der Waals surface area contributed by atoms with Crippen LogP contribution >= 0.6 is 0 Å². The van der Waals surface area contributed by atoms with Crippen molar-refractivity contribution in [3.63, 3.8) is 0 Å². The topological polar surface area (TPSA) is 34.9 Å². The van der Waals surface area contributed by atoms with Crippen LogP contribution in [0.3, 0.4) is 0 Å². The van der Waals surface area contributed by atoms with E-state index >= 15 is 0 Å². The van der Waals surface area contributed by atoms with Crippen molar-refractivity contribution in [3.05, 3.63) is 82.2 Å². The quantitative estimate of drug-likeness (QED) is 0.682. The fourth-order valence-corrected chi connectivity index (χ4v) is 3.73. The molecule has 0 N–H and O–H groups in total. The third-order valence-electron chi connectivity index (χ3n) is 5.13. The molecule has 4 rings (SSSR count). The highest BCUT2D eigenvalue weighted by atomic mass is 16.1. The standard InChI is InChI=1S/C22H22N2O/c1-14-4-8-17(9-5-14)18-12-20-22(21(25)13-18)16(3)23-24(20)19-10-6-15(2)7-11-19/h4-11,18H,12-13H2,1-3H3/t18-/m0/s1. The highest BCUT2D eigenvalue weighted by Crippen LogP contribution is 2.35. The number of hydrogen-bond acceptors (Lipinski definition) is 2. The fraction of sp³-hybridized carbons (Fsp3) is 0.273. The molecule has 1 aromatic heterocycles. The molecule has 1 aliphatic carbocycles. The Hall–Kier alpha value is -2.68. The van der Waals surface area contributed by atoms with Crippen molar-refractivity contribution in [1.29, 1.82) is 0 Å². The molecule has 0 aliphatic heterocycles. The fourth-order valence-electron chi connectivity index (χ4n) is 3.73. The van der Waals surface area contributed by atoms with Crippen molar-refractivity contribution >= 4 is 5.78 Å². The number of hydrogen-bond donors (Lipinski definition) is 0. The highest BCUT2D eigenvalue weighted by Gasteiger charge is 2.32. The largest absolute Gasteiger partial charge is 0.294 e. The van der Waals surface area contributed by atoms with E-state index in [0.29, 0.717) is 6.42 Å². The minimum atomic E-state index is 0.211. The molecule has 0 fully saturated rings. The normalized spacial score (nSPS) is 16.8. The number of carbonyl (C=O) groups is 1. The van der Waals surface area contributed by atoms with Crippen LogP contribution < -0.4 is 0 Å². The Kier molecular flexibility index (Phi) is 3.79.